The highest BCUT2D eigenvalue weighted by Gasteiger charge is 2.41. The molecule has 8 aromatic rings. The van der Waals surface area contributed by atoms with Gasteiger partial charge in [0, 0.05) is 21.9 Å². The summed E-state index contributed by atoms with van der Waals surface area (Å²) in [7, 11) is 0. The van der Waals surface area contributed by atoms with E-state index in [4.69, 9.17) is 0 Å². The van der Waals surface area contributed by atoms with E-state index in [0.717, 1.165) is 55.2 Å². The van der Waals surface area contributed by atoms with Crippen LogP contribution in [-0.4, -0.2) is 16.4 Å². The maximum atomic E-state index is 15.2. The van der Waals surface area contributed by atoms with Gasteiger partial charge in [-0.15, -0.1) is 0 Å². The van der Waals surface area contributed by atoms with Gasteiger partial charge in [-0.1, -0.05) is 142 Å². The van der Waals surface area contributed by atoms with Gasteiger partial charge in [-0.25, -0.2) is 4.90 Å². The molecule has 0 aliphatic carbocycles. The highest BCUT2D eigenvalue weighted by molar-refractivity contribution is 6.37. The molecule has 0 spiro atoms. The molecule has 0 bridgehead atoms. The Balaban J connectivity index is 1.30. The topological polar surface area (TPSA) is 42.3 Å². The number of anilines is 1. The van der Waals surface area contributed by atoms with Crippen molar-refractivity contribution in [2.24, 2.45) is 0 Å². The van der Waals surface area contributed by atoms with Crippen molar-refractivity contribution in [1.29, 1.82) is 0 Å². The molecule has 4 nitrogen and oxygen atoms in total. The standard InChI is InChI=1S/C48H36N2O2/c1-48(2,3)35-26-27-42-40(30-35)36-22-13-14-24-41(36)49(42)43-25-15-23-37-44(43)47(52)50(46(37)51)45-38(32-18-9-5-10-19-32)28-34(31-16-7-4-8-17-31)29-39(45)33-20-11-6-12-21-33/h4-30H,1-3H3. The lowest BCUT2D eigenvalue weighted by Crippen LogP contribution is -2.30. The molecule has 0 unspecified atom stereocenters. The zero-order chi connectivity index (χ0) is 35.6. The maximum Gasteiger partial charge on any atom is 0.268 e. The Morgan fingerprint density at radius 3 is 1.62 bits per heavy atom. The number of carbonyl (C=O) groups excluding carboxylic acids is 2. The Labute approximate surface area is 303 Å². The zero-order valence-corrected chi connectivity index (χ0v) is 29.3. The molecular formula is C48H36N2O2. The van der Waals surface area contributed by atoms with Crippen molar-refractivity contribution in [3.8, 4) is 39.1 Å². The first-order chi connectivity index (χ1) is 25.3. The zero-order valence-electron chi connectivity index (χ0n) is 29.3. The molecule has 52 heavy (non-hydrogen) atoms. The largest absolute Gasteiger partial charge is 0.308 e. The molecule has 0 atom stereocenters. The van der Waals surface area contributed by atoms with E-state index in [1.54, 1.807) is 6.07 Å². The van der Waals surface area contributed by atoms with Crippen molar-refractivity contribution in [3.05, 3.63) is 180 Å². The van der Waals surface area contributed by atoms with Crippen LogP contribution in [0.25, 0.3) is 60.9 Å². The number of para-hydroxylation sites is 1. The summed E-state index contributed by atoms with van der Waals surface area (Å²) in [4.78, 5) is 31.4. The van der Waals surface area contributed by atoms with Crippen LogP contribution in [0.5, 0.6) is 0 Å². The van der Waals surface area contributed by atoms with Gasteiger partial charge in [0.05, 0.1) is 33.5 Å². The predicted molar refractivity (Wildman–Crippen MR) is 213 cm³/mol. The van der Waals surface area contributed by atoms with Crippen LogP contribution in [-0.2, 0) is 5.41 Å². The first kappa shape index (κ1) is 31.5. The van der Waals surface area contributed by atoms with Gasteiger partial charge in [-0.3, -0.25) is 9.59 Å². The number of hydrogen-bond acceptors (Lipinski definition) is 2. The molecule has 1 aromatic heterocycles. The number of benzene rings is 7. The third-order valence-electron chi connectivity index (χ3n) is 10.3. The molecule has 0 N–H and O–H groups in total. The van der Waals surface area contributed by atoms with Crippen LogP contribution < -0.4 is 4.90 Å². The number of nitrogens with zero attached hydrogens (tertiary/aromatic N) is 2. The first-order valence-electron chi connectivity index (χ1n) is 17.7. The van der Waals surface area contributed by atoms with Crippen molar-refractivity contribution >= 4 is 39.3 Å². The van der Waals surface area contributed by atoms with E-state index in [-0.39, 0.29) is 17.2 Å². The fourth-order valence-corrected chi connectivity index (χ4v) is 7.70. The minimum atomic E-state index is -0.338. The Hall–Kier alpha value is -6.52. The molecule has 0 saturated heterocycles. The van der Waals surface area contributed by atoms with Crippen molar-refractivity contribution in [1.82, 2.24) is 4.57 Å². The maximum absolute atomic E-state index is 15.2. The third kappa shape index (κ3) is 4.98. The van der Waals surface area contributed by atoms with Crippen molar-refractivity contribution < 1.29 is 9.59 Å². The quantitative estimate of drug-likeness (QED) is 0.171. The molecule has 4 heteroatoms. The van der Waals surface area contributed by atoms with Gasteiger partial charge >= 0.3 is 0 Å². The summed E-state index contributed by atoms with van der Waals surface area (Å²) in [6, 6.07) is 55.0. The second-order valence-electron chi connectivity index (χ2n) is 14.5. The lowest BCUT2D eigenvalue weighted by atomic mass is 9.86. The molecule has 2 amide bonds. The van der Waals surface area contributed by atoms with Crippen LogP contribution in [0.4, 0.5) is 5.69 Å². The molecule has 1 aliphatic rings. The Kier molecular flexibility index (Phi) is 7.30. The number of imide groups is 1. The van der Waals surface area contributed by atoms with Gasteiger partial charge in [-0.2, -0.15) is 0 Å². The third-order valence-corrected chi connectivity index (χ3v) is 10.3. The second-order valence-corrected chi connectivity index (χ2v) is 14.5. The summed E-state index contributed by atoms with van der Waals surface area (Å²) in [6.45, 7) is 6.66. The van der Waals surface area contributed by atoms with E-state index >= 15 is 4.79 Å². The SMILES string of the molecule is CC(C)(C)c1ccc2c(c1)c1ccccc1n2-c1cccc2c1C(=O)N(c1c(-c3ccccc3)cc(-c3ccccc3)cc1-c1ccccc1)C2=O. The predicted octanol–water partition coefficient (Wildman–Crippen LogP) is 11.9. The van der Waals surface area contributed by atoms with Gasteiger partial charge in [0.15, 0.2) is 0 Å². The van der Waals surface area contributed by atoms with Crippen LogP contribution in [0.1, 0.15) is 47.1 Å². The molecular weight excluding hydrogens is 637 g/mol. The fraction of sp³-hybridized carbons (Fsp3) is 0.0833. The molecule has 7 aromatic carbocycles. The van der Waals surface area contributed by atoms with E-state index in [1.807, 2.05) is 97.1 Å². The molecule has 2 heterocycles. The number of hydrogen-bond donors (Lipinski definition) is 0. The minimum absolute atomic E-state index is 0.0305. The summed E-state index contributed by atoms with van der Waals surface area (Å²) in [6.07, 6.45) is 0. The van der Waals surface area contributed by atoms with Gasteiger partial charge in [0.1, 0.15) is 0 Å². The van der Waals surface area contributed by atoms with Gasteiger partial charge < -0.3 is 4.57 Å². The van der Waals surface area contributed by atoms with Gasteiger partial charge in [0.2, 0.25) is 0 Å². The average molecular weight is 673 g/mol. The molecule has 0 saturated carbocycles. The van der Waals surface area contributed by atoms with E-state index in [0.29, 0.717) is 22.5 Å². The lowest BCUT2D eigenvalue weighted by Gasteiger charge is -2.24. The first-order valence-corrected chi connectivity index (χ1v) is 17.7. The van der Waals surface area contributed by atoms with E-state index < -0.39 is 0 Å². The van der Waals surface area contributed by atoms with Crippen molar-refractivity contribution in [3.63, 3.8) is 0 Å². The number of carbonyl (C=O) groups is 2. The van der Waals surface area contributed by atoms with Crippen LogP contribution in [0.15, 0.2) is 164 Å². The Morgan fingerprint density at radius 2 is 1.00 bits per heavy atom. The summed E-state index contributed by atoms with van der Waals surface area (Å²) >= 11 is 0. The van der Waals surface area contributed by atoms with Crippen LogP contribution >= 0.6 is 0 Å². The molecule has 1 aliphatic heterocycles. The number of rotatable bonds is 5. The minimum Gasteiger partial charge on any atom is -0.308 e. The molecule has 9 rings (SSSR count). The van der Waals surface area contributed by atoms with E-state index in [2.05, 4.69) is 86.0 Å². The number of amides is 2. The average Bonchev–Trinajstić information content (AvgIpc) is 3.65. The van der Waals surface area contributed by atoms with Crippen LogP contribution in [0, 0.1) is 0 Å². The van der Waals surface area contributed by atoms with E-state index in [9.17, 15) is 4.79 Å². The van der Waals surface area contributed by atoms with Crippen LogP contribution in [0.3, 0.4) is 0 Å². The Bertz CT molecular complexity index is 2620. The summed E-state index contributed by atoms with van der Waals surface area (Å²) in [5, 5.41) is 2.22. The fourth-order valence-electron chi connectivity index (χ4n) is 7.70. The molecule has 250 valence electrons. The smallest absolute Gasteiger partial charge is 0.268 e. The molecule has 0 fully saturated rings. The normalized spacial score (nSPS) is 12.9. The van der Waals surface area contributed by atoms with E-state index in [1.165, 1.54) is 10.5 Å². The van der Waals surface area contributed by atoms with Gasteiger partial charge in [0.25, 0.3) is 11.8 Å². The van der Waals surface area contributed by atoms with Crippen LogP contribution in [0.2, 0.25) is 0 Å². The van der Waals surface area contributed by atoms with Gasteiger partial charge in [-0.05, 0) is 75.7 Å². The summed E-state index contributed by atoms with van der Waals surface area (Å²) in [5.74, 6) is -0.672. The summed E-state index contributed by atoms with van der Waals surface area (Å²) < 4.78 is 2.15. The second kappa shape index (κ2) is 12.1. The van der Waals surface area contributed by atoms with Crippen molar-refractivity contribution in [2.45, 2.75) is 26.2 Å². The molecule has 0 radical (unpaired) electrons. The lowest BCUT2D eigenvalue weighted by molar-refractivity contribution is 0.0926. The highest BCUT2D eigenvalue weighted by Crippen LogP contribution is 2.47. The number of aromatic nitrogens is 1. The highest BCUT2D eigenvalue weighted by atomic mass is 16.2. The Morgan fingerprint density at radius 1 is 0.442 bits per heavy atom. The van der Waals surface area contributed by atoms with Crippen molar-refractivity contribution in [2.75, 3.05) is 4.90 Å². The number of fused-ring (bicyclic) bond motifs is 4. The monoisotopic (exact) mass is 672 g/mol. The summed E-state index contributed by atoms with van der Waals surface area (Å²) in [5.41, 5.74) is 10.7.